The first-order valence-electron chi connectivity index (χ1n) is 7.06. The van der Waals surface area contributed by atoms with E-state index >= 15 is 0 Å². The van der Waals surface area contributed by atoms with E-state index in [1.807, 2.05) is 12.1 Å². The second-order valence-electron chi connectivity index (χ2n) is 4.81. The van der Waals surface area contributed by atoms with Crippen molar-refractivity contribution < 1.29 is 4.92 Å². The summed E-state index contributed by atoms with van der Waals surface area (Å²) in [5, 5.41) is 18.1. The van der Waals surface area contributed by atoms with Crippen molar-refractivity contribution in [2.24, 2.45) is 10.8 Å². The van der Waals surface area contributed by atoms with Gasteiger partial charge in [0.2, 0.25) is 0 Å². The Balaban J connectivity index is 2.04. The number of nitrogens with two attached hydrogens (primary N) is 1. The van der Waals surface area contributed by atoms with Gasteiger partial charge >= 0.3 is 0 Å². The number of aromatic nitrogens is 1. The molecule has 9 heteroatoms. The van der Waals surface area contributed by atoms with Crippen LogP contribution >= 0.6 is 12.2 Å². The maximum Gasteiger partial charge on any atom is 0.292 e. The summed E-state index contributed by atoms with van der Waals surface area (Å²) < 4.78 is 0. The zero-order valence-electron chi connectivity index (χ0n) is 12.7. The lowest BCUT2D eigenvalue weighted by Crippen LogP contribution is -2.23. The molecule has 0 unspecified atom stereocenters. The average Bonchev–Trinajstić information content (AvgIpc) is 2.56. The molecule has 0 radical (unpaired) electrons. The Labute approximate surface area is 143 Å². The molecule has 124 valence electrons. The summed E-state index contributed by atoms with van der Waals surface area (Å²) in [6, 6.07) is 8.59. The summed E-state index contributed by atoms with van der Waals surface area (Å²) in [5.74, 6) is 0. The van der Waals surface area contributed by atoms with Crippen LogP contribution in [0.2, 0.25) is 0 Å². The summed E-state index contributed by atoms with van der Waals surface area (Å²) >= 11 is 4.62. The van der Waals surface area contributed by atoms with Crippen molar-refractivity contribution >= 4 is 34.9 Å². The van der Waals surface area contributed by atoms with Crippen LogP contribution in [0.3, 0.4) is 0 Å². The molecule has 0 amide bonds. The molecule has 0 saturated heterocycles. The molecule has 24 heavy (non-hydrogen) atoms. The zero-order valence-corrected chi connectivity index (χ0v) is 13.5. The Hall–Kier alpha value is -3.07. The fraction of sp³-hybridized carbons (Fsp3) is 0.133. The predicted molar refractivity (Wildman–Crippen MR) is 97.0 cm³/mol. The number of nitrogens with zero attached hydrogens (tertiary/aromatic N) is 3. The molecular formula is C15H16N6O2S. The van der Waals surface area contributed by atoms with Gasteiger partial charge in [-0.25, -0.2) is 0 Å². The van der Waals surface area contributed by atoms with Gasteiger partial charge in [-0.15, -0.1) is 0 Å². The van der Waals surface area contributed by atoms with Crippen molar-refractivity contribution in [3.63, 3.8) is 0 Å². The van der Waals surface area contributed by atoms with Crippen LogP contribution in [0.4, 0.5) is 11.4 Å². The van der Waals surface area contributed by atoms with Crippen LogP contribution in [0.15, 0.2) is 47.8 Å². The normalized spacial score (nSPS) is 10.5. The van der Waals surface area contributed by atoms with Crippen LogP contribution in [0, 0.1) is 10.1 Å². The lowest BCUT2D eigenvalue weighted by Gasteiger charge is -2.07. The summed E-state index contributed by atoms with van der Waals surface area (Å²) in [7, 11) is 0. The molecule has 0 aliphatic rings. The number of hydrogen-bond donors (Lipinski definition) is 3. The SMILES string of the molecule is NC(=S)NN=Cc1ccc(NCCc2cccnc2)c([N+](=O)[O-])c1. The quantitative estimate of drug-likeness (QED) is 0.303. The molecule has 0 aliphatic heterocycles. The Morgan fingerprint density at radius 1 is 1.46 bits per heavy atom. The topological polar surface area (TPSA) is 118 Å². The summed E-state index contributed by atoms with van der Waals surface area (Å²) in [4.78, 5) is 14.8. The van der Waals surface area contributed by atoms with Gasteiger partial charge in [0.15, 0.2) is 5.11 Å². The van der Waals surface area contributed by atoms with Crippen molar-refractivity contribution in [3.05, 3.63) is 64.0 Å². The average molecular weight is 344 g/mol. The highest BCUT2D eigenvalue weighted by molar-refractivity contribution is 7.80. The van der Waals surface area contributed by atoms with E-state index in [0.29, 0.717) is 24.2 Å². The van der Waals surface area contributed by atoms with Crippen LogP contribution in [-0.2, 0) is 6.42 Å². The number of rotatable bonds is 7. The van der Waals surface area contributed by atoms with Gasteiger partial charge in [0, 0.05) is 30.6 Å². The van der Waals surface area contributed by atoms with Crippen molar-refractivity contribution in [3.8, 4) is 0 Å². The van der Waals surface area contributed by atoms with Crippen molar-refractivity contribution in [1.29, 1.82) is 0 Å². The molecule has 2 aromatic rings. The minimum Gasteiger partial charge on any atom is -0.379 e. The van der Waals surface area contributed by atoms with E-state index in [0.717, 1.165) is 5.56 Å². The number of benzene rings is 1. The Bertz CT molecular complexity index is 751. The first kappa shape index (κ1) is 17.3. The van der Waals surface area contributed by atoms with Gasteiger partial charge in [-0.2, -0.15) is 5.10 Å². The molecule has 0 fully saturated rings. The predicted octanol–water partition coefficient (Wildman–Crippen LogP) is 1.81. The molecular weight excluding hydrogens is 328 g/mol. The third-order valence-electron chi connectivity index (χ3n) is 3.06. The van der Waals surface area contributed by atoms with E-state index < -0.39 is 4.92 Å². The first-order chi connectivity index (χ1) is 11.6. The minimum absolute atomic E-state index is 0.0226. The van der Waals surface area contributed by atoms with Crippen LogP contribution in [0.5, 0.6) is 0 Å². The van der Waals surface area contributed by atoms with E-state index in [1.165, 1.54) is 12.3 Å². The molecule has 2 rings (SSSR count). The summed E-state index contributed by atoms with van der Waals surface area (Å²) in [6.45, 7) is 0.559. The molecule has 1 heterocycles. The summed E-state index contributed by atoms with van der Waals surface area (Å²) in [6.07, 6.45) is 5.59. The highest BCUT2D eigenvalue weighted by atomic mass is 32.1. The second kappa shape index (κ2) is 8.53. The minimum atomic E-state index is -0.440. The van der Waals surface area contributed by atoms with Crippen LogP contribution in [0.25, 0.3) is 0 Å². The van der Waals surface area contributed by atoms with Gasteiger partial charge in [-0.05, 0) is 36.3 Å². The number of hydrazone groups is 1. The van der Waals surface area contributed by atoms with Crippen molar-refractivity contribution in [2.75, 3.05) is 11.9 Å². The largest absolute Gasteiger partial charge is 0.379 e. The third-order valence-corrected chi connectivity index (χ3v) is 3.15. The van der Waals surface area contributed by atoms with E-state index in [2.05, 4.69) is 33.0 Å². The number of nitro groups is 1. The maximum atomic E-state index is 11.2. The van der Waals surface area contributed by atoms with E-state index in [9.17, 15) is 10.1 Å². The fourth-order valence-electron chi connectivity index (χ4n) is 1.99. The van der Waals surface area contributed by atoms with Crippen LogP contribution in [-0.4, -0.2) is 27.8 Å². The van der Waals surface area contributed by atoms with Crippen molar-refractivity contribution in [1.82, 2.24) is 10.4 Å². The lowest BCUT2D eigenvalue weighted by atomic mass is 10.1. The zero-order chi connectivity index (χ0) is 17.4. The molecule has 0 atom stereocenters. The van der Waals surface area contributed by atoms with E-state index in [4.69, 9.17) is 5.73 Å². The molecule has 0 bridgehead atoms. The maximum absolute atomic E-state index is 11.2. The highest BCUT2D eigenvalue weighted by Gasteiger charge is 2.13. The molecule has 4 N–H and O–H groups in total. The molecule has 0 aliphatic carbocycles. The number of hydrogen-bond acceptors (Lipinski definition) is 6. The van der Waals surface area contributed by atoms with Gasteiger partial charge in [0.25, 0.3) is 5.69 Å². The smallest absolute Gasteiger partial charge is 0.292 e. The number of nitrogens with one attached hydrogen (secondary N) is 2. The number of nitro benzene ring substituents is 1. The lowest BCUT2D eigenvalue weighted by molar-refractivity contribution is -0.384. The van der Waals surface area contributed by atoms with Gasteiger partial charge in [0.05, 0.1) is 11.1 Å². The van der Waals surface area contributed by atoms with E-state index in [1.54, 1.807) is 24.5 Å². The van der Waals surface area contributed by atoms with Crippen LogP contribution < -0.4 is 16.5 Å². The molecule has 0 spiro atoms. The molecule has 0 saturated carbocycles. The number of anilines is 1. The van der Waals surface area contributed by atoms with Gasteiger partial charge in [-0.3, -0.25) is 20.5 Å². The monoisotopic (exact) mass is 344 g/mol. The first-order valence-corrected chi connectivity index (χ1v) is 7.47. The Kier molecular flexibility index (Phi) is 6.15. The molecule has 8 nitrogen and oxygen atoms in total. The number of thiocarbonyl (C=S) groups is 1. The van der Waals surface area contributed by atoms with Gasteiger partial charge in [-0.1, -0.05) is 12.1 Å². The van der Waals surface area contributed by atoms with Gasteiger partial charge < -0.3 is 11.1 Å². The van der Waals surface area contributed by atoms with E-state index in [-0.39, 0.29) is 10.8 Å². The third kappa shape index (κ3) is 5.29. The standard InChI is InChI=1S/C15H16N6O2S/c16-15(24)20-19-10-12-3-4-13(14(8-12)21(22)23)18-7-5-11-2-1-6-17-9-11/h1-4,6,8-10,18H,5,7H2,(H3,16,20,24). The molecule has 1 aromatic heterocycles. The van der Waals surface area contributed by atoms with Crippen molar-refractivity contribution in [2.45, 2.75) is 6.42 Å². The Morgan fingerprint density at radius 3 is 2.96 bits per heavy atom. The highest BCUT2D eigenvalue weighted by Crippen LogP contribution is 2.25. The fourth-order valence-corrected chi connectivity index (χ4v) is 2.04. The Morgan fingerprint density at radius 2 is 2.29 bits per heavy atom. The molecule has 1 aromatic carbocycles. The second-order valence-corrected chi connectivity index (χ2v) is 5.25. The number of pyridine rings is 1. The summed E-state index contributed by atoms with van der Waals surface area (Å²) in [5.41, 5.74) is 9.68. The van der Waals surface area contributed by atoms with Crippen LogP contribution in [0.1, 0.15) is 11.1 Å². The van der Waals surface area contributed by atoms with Gasteiger partial charge in [0.1, 0.15) is 5.69 Å².